The Morgan fingerprint density at radius 2 is 1.90 bits per heavy atom. The summed E-state index contributed by atoms with van der Waals surface area (Å²) >= 11 is 0. The van der Waals surface area contributed by atoms with E-state index in [-0.39, 0.29) is 17.8 Å². The van der Waals surface area contributed by atoms with E-state index in [9.17, 15) is 4.39 Å². The summed E-state index contributed by atoms with van der Waals surface area (Å²) in [5.74, 6) is 1.61. The molecule has 0 aromatic heterocycles. The Balaban J connectivity index is 2.62. The molecule has 0 spiro atoms. The fourth-order valence-corrected chi connectivity index (χ4v) is 4.60. The molecular weight excluding hydrogens is 392 g/mol. The van der Waals surface area contributed by atoms with Crippen LogP contribution >= 0.6 is 8.58 Å². The topological polar surface area (TPSA) is 49.3 Å². The van der Waals surface area contributed by atoms with E-state index in [2.05, 4.69) is 18.8 Å². The van der Waals surface area contributed by atoms with Gasteiger partial charge in [-0.25, -0.2) is 4.39 Å². The summed E-state index contributed by atoms with van der Waals surface area (Å²) in [5, 5.41) is 0.722. The highest BCUT2D eigenvalue weighted by Gasteiger charge is 2.32. The van der Waals surface area contributed by atoms with Crippen LogP contribution in [0.5, 0.6) is 17.2 Å². The highest BCUT2D eigenvalue weighted by molar-refractivity contribution is 7.48. The van der Waals surface area contributed by atoms with E-state index in [4.69, 9.17) is 18.9 Å². The van der Waals surface area contributed by atoms with Gasteiger partial charge in [0.1, 0.15) is 11.6 Å². The molecule has 0 aliphatic rings. The molecule has 0 saturated carbocycles. The molecule has 0 aliphatic carbocycles. The average Bonchev–Trinajstić information content (AvgIpc) is 2.73. The third-order valence-corrected chi connectivity index (χ3v) is 6.70. The SMILES string of the molecule is CCC(C)(Pc1ccc(F)cc1/C=N/C)c1cc(OC)cc(OC)c1OCOC. The van der Waals surface area contributed by atoms with E-state index in [1.807, 2.05) is 12.1 Å². The third-order valence-electron chi connectivity index (χ3n) is 4.80. The van der Waals surface area contributed by atoms with Gasteiger partial charge in [-0.3, -0.25) is 4.99 Å². The molecule has 0 fully saturated rings. The Morgan fingerprint density at radius 1 is 1.14 bits per heavy atom. The molecule has 5 nitrogen and oxygen atoms in total. The lowest BCUT2D eigenvalue weighted by molar-refractivity contribution is 0.0479. The summed E-state index contributed by atoms with van der Waals surface area (Å²) in [4.78, 5) is 4.08. The second-order valence-corrected chi connectivity index (χ2v) is 8.58. The van der Waals surface area contributed by atoms with Crippen LogP contribution < -0.4 is 19.5 Å². The van der Waals surface area contributed by atoms with Crippen molar-refractivity contribution < 1.29 is 23.3 Å². The number of methoxy groups -OCH3 is 3. The van der Waals surface area contributed by atoms with E-state index in [0.717, 1.165) is 22.9 Å². The Labute approximate surface area is 174 Å². The molecule has 0 bridgehead atoms. The number of halogens is 1. The second kappa shape index (κ2) is 10.6. The van der Waals surface area contributed by atoms with Crippen LogP contribution in [0.2, 0.25) is 0 Å². The Bertz CT molecular complexity index is 859. The maximum Gasteiger partial charge on any atom is 0.188 e. The maximum atomic E-state index is 13.8. The number of hydrogen-bond donors (Lipinski definition) is 0. The number of aliphatic imine (C=N–C) groups is 1. The van der Waals surface area contributed by atoms with E-state index in [1.54, 1.807) is 40.7 Å². The average molecular weight is 421 g/mol. The first kappa shape index (κ1) is 23.1. The number of rotatable bonds is 10. The largest absolute Gasteiger partial charge is 0.497 e. The molecule has 0 amide bonds. The minimum absolute atomic E-state index is 0.100. The minimum atomic E-state index is -0.306. The van der Waals surface area contributed by atoms with Crippen LogP contribution in [0.15, 0.2) is 35.3 Å². The molecule has 0 N–H and O–H groups in total. The first-order chi connectivity index (χ1) is 13.9. The van der Waals surface area contributed by atoms with Crippen molar-refractivity contribution in [1.82, 2.24) is 0 Å². The highest BCUT2D eigenvalue weighted by atomic mass is 31.1. The third kappa shape index (κ3) is 5.46. The number of benzene rings is 2. The predicted octanol–water partition coefficient (Wildman–Crippen LogP) is 4.50. The monoisotopic (exact) mass is 421 g/mol. The van der Waals surface area contributed by atoms with E-state index in [1.165, 1.54) is 12.1 Å². The predicted molar refractivity (Wildman–Crippen MR) is 118 cm³/mol. The summed E-state index contributed by atoms with van der Waals surface area (Å²) < 4.78 is 35.9. The van der Waals surface area contributed by atoms with Gasteiger partial charge < -0.3 is 18.9 Å². The fraction of sp³-hybridized carbons (Fsp3) is 0.409. The smallest absolute Gasteiger partial charge is 0.188 e. The minimum Gasteiger partial charge on any atom is -0.497 e. The number of hydrogen-bond acceptors (Lipinski definition) is 5. The number of ether oxygens (including phenoxy) is 4. The Morgan fingerprint density at radius 3 is 2.48 bits per heavy atom. The normalized spacial score (nSPS) is 13.8. The van der Waals surface area contributed by atoms with Crippen LogP contribution in [0.4, 0.5) is 4.39 Å². The van der Waals surface area contributed by atoms with Gasteiger partial charge in [0.15, 0.2) is 18.3 Å². The summed E-state index contributed by atoms with van der Waals surface area (Å²) in [5.41, 5.74) is 1.73. The van der Waals surface area contributed by atoms with Gasteiger partial charge in [-0.1, -0.05) is 28.5 Å². The van der Waals surface area contributed by atoms with Gasteiger partial charge in [-0.15, -0.1) is 0 Å². The van der Waals surface area contributed by atoms with Crippen molar-refractivity contribution in [3.63, 3.8) is 0 Å². The van der Waals surface area contributed by atoms with Crippen LogP contribution in [0.3, 0.4) is 0 Å². The van der Waals surface area contributed by atoms with Crippen molar-refractivity contribution in [1.29, 1.82) is 0 Å². The summed E-state index contributed by atoms with van der Waals surface area (Å²) in [7, 11) is 6.81. The van der Waals surface area contributed by atoms with Crippen LogP contribution in [0.1, 0.15) is 31.4 Å². The zero-order valence-electron chi connectivity index (χ0n) is 17.8. The molecule has 7 heteroatoms. The lowest BCUT2D eigenvalue weighted by Gasteiger charge is -2.32. The quantitative estimate of drug-likeness (QED) is 0.322. The van der Waals surface area contributed by atoms with Crippen LogP contribution in [-0.2, 0) is 9.89 Å². The van der Waals surface area contributed by atoms with Crippen LogP contribution in [0, 0.1) is 5.82 Å². The number of nitrogens with zero attached hydrogens (tertiary/aromatic N) is 1. The first-order valence-corrected chi connectivity index (χ1v) is 10.3. The van der Waals surface area contributed by atoms with Gasteiger partial charge in [0.2, 0.25) is 0 Å². The zero-order valence-corrected chi connectivity index (χ0v) is 18.8. The van der Waals surface area contributed by atoms with Crippen molar-refractivity contribution in [2.45, 2.75) is 25.4 Å². The van der Waals surface area contributed by atoms with Gasteiger partial charge in [0, 0.05) is 42.7 Å². The second-order valence-electron chi connectivity index (χ2n) is 6.69. The molecule has 29 heavy (non-hydrogen) atoms. The van der Waals surface area contributed by atoms with Gasteiger partial charge in [-0.05, 0) is 29.9 Å². The molecule has 0 aliphatic heterocycles. The molecule has 2 aromatic carbocycles. The van der Waals surface area contributed by atoms with Crippen molar-refractivity contribution in [2.75, 3.05) is 35.2 Å². The Kier molecular flexibility index (Phi) is 8.42. The van der Waals surface area contributed by atoms with E-state index < -0.39 is 0 Å². The van der Waals surface area contributed by atoms with Crippen molar-refractivity contribution in [3.8, 4) is 17.2 Å². The van der Waals surface area contributed by atoms with Gasteiger partial charge >= 0.3 is 0 Å². The van der Waals surface area contributed by atoms with Crippen molar-refractivity contribution in [3.05, 3.63) is 47.3 Å². The lowest BCUT2D eigenvalue weighted by atomic mass is 9.95. The standard InChI is InChI=1S/C22H29FNO4P/c1-7-22(2,29-20-9-8-16(23)10-15(20)13-24-3)18-11-17(26-5)12-19(27-6)21(18)28-14-25-4/h8-13,29H,7,14H2,1-6H3/b24-13+. The molecule has 2 atom stereocenters. The van der Waals surface area contributed by atoms with Gasteiger partial charge in [0.05, 0.1) is 14.2 Å². The zero-order chi connectivity index (χ0) is 21.4. The molecule has 0 saturated heterocycles. The molecular formula is C22H29FNO4P. The van der Waals surface area contributed by atoms with Crippen molar-refractivity contribution >= 4 is 20.1 Å². The highest BCUT2D eigenvalue weighted by Crippen LogP contribution is 2.51. The molecule has 0 radical (unpaired) electrons. The summed E-state index contributed by atoms with van der Waals surface area (Å²) in [6, 6.07) is 8.59. The van der Waals surface area contributed by atoms with Crippen LogP contribution in [0.25, 0.3) is 0 Å². The Hall–Kier alpha value is -2.17. The maximum absolute atomic E-state index is 13.8. The fourth-order valence-electron chi connectivity index (χ4n) is 3.06. The summed E-state index contributed by atoms with van der Waals surface area (Å²) in [6.45, 7) is 4.38. The van der Waals surface area contributed by atoms with Gasteiger partial charge in [0.25, 0.3) is 0 Å². The molecule has 2 unspecified atom stereocenters. The molecule has 2 aromatic rings. The van der Waals surface area contributed by atoms with Crippen molar-refractivity contribution in [2.24, 2.45) is 4.99 Å². The van der Waals surface area contributed by atoms with E-state index in [0.29, 0.717) is 25.8 Å². The van der Waals surface area contributed by atoms with Crippen LogP contribution in [-0.4, -0.2) is 41.4 Å². The van der Waals surface area contributed by atoms with Gasteiger partial charge in [-0.2, -0.15) is 0 Å². The first-order valence-electron chi connectivity index (χ1n) is 9.30. The van der Waals surface area contributed by atoms with E-state index >= 15 is 0 Å². The molecule has 2 rings (SSSR count). The summed E-state index contributed by atoms with van der Waals surface area (Å²) in [6.07, 6.45) is 2.52. The molecule has 0 heterocycles. The molecule has 158 valence electrons. The lowest BCUT2D eigenvalue weighted by Crippen LogP contribution is -2.22.